The summed E-state index contributed by atoms with van der Waals surface area (Å²) in [5.41, 5.74) is 0.977. The topological polar surface area (TPSA) is 38.7 Å². The second-order valence-corrected chi connectivity index (χ2v) is 14.6. The van der Waals surface area contributed by atoms with Crippen LogP contribution in [-0.2, 0) is 9.47 Å². The first-order valence-corrected chi connectivity index (χ1v) is 13.9. The molecular weight excluding hydrogens is 396 g/mol. The van der Waals surface area contributed by atoms with Crippen LogP contribution in [-0.4, -0.2) is 28.7 Å². The Morgan fingerprint density at radius 1 is 0.812 bits per heavy atom. The van der Waals surface area contributed by atoms with Gasteiger partial charge in [-0.1, -0.05) is 41.5 Å². The quantitative estimate of drug-likeness (QED) is 0.488. The monoisotopic (exact) mass is 444 g/mol. The maximum absolute atomic E-state index is 11.0. The molecule has 2 bridgehead atoms. The first-order valence-electron chi connectivity index (χ1n) is 13.9. The van der Waals surface area contributed by atoms with E-state index in [-0.39, 0.29) is 22.9 Å². The molecule has 0 aromatic rings. The van der Waals surface area contributed by atoms with Crippen molar-refractivity contribution in [2.75, 3.05) is 0 Å². The van der Waals surface area contributed by atoms with Crippen LogP contribution in [0.2, 0.25) is 0 Å². The highest BCUT2D eigenvalue weighted by Gasteiger charge is 2.74. The molecule has 32 heavy (non-hydrogen) atoms. The van der Waals surface area contributed by atoms with E-state index >= 15 is 0 Å². The van der Waals surface area contributed by atoms with Crippen molar-refractivity contribution in [1.82, 2.24) is 0 Å². The molecule has 182 valence electrons. The lowest BCUT2D eigenvalue weighted by atomic mass is 9.35. The highest BCUT2D eigenvalue weighted by Crippen LogP contribution is 2.77. The molecule has 4 saturated carbocycles. The maximum Gasteiger partial charge on any atom is 0.169 e. The van der Waals surface area contributed by atoms with Gasteiger partial charge in [0.2, 0.25) is 0 Å². The molecule has 6 aliphatic rings. The summed E-state index contributed by atoms with van der Waals surface area (Å²) in [5.74, 6) is 2.19. The summed E-state index contributed by atoms with van der Waals surface area (Å²) in [5, 5.41) is 11.0. The zero-order chi connectivity index (χ0) is 22.9. The van der Waals surface area contributed by atoms with Crippen LogP contribution < -0.4 is 0 Å². The molecule has 11 unspecified atom stereocenters. The molecule has 0 aromatic carbocycles. The minimum atomic E-state index is -0.352. The van der Waals surface area contributed by atoms with Crippen molar-refractivity contribution < 1.29 is 14.6 Å². The maximum atomic E-state index is 11.0. The van der Waals surface area contributed by atoms with Crippen LogP contribution >= 0.6 is 0 Å². The lowest BCUT2D eigenvalue weighted by molar-refractivity contribution is -0.290. The summed E-state index contributed by atoms with van der Waals surface area (Å²) in [7, 11) is 0. The Kier molecular flexibility index (Phi) is 4.44. The molecule has 3 heteroatoms. The predicted octanol–water partition coefficient (Wildman–Crippen LogP) is 6.72. The van der Waals surface area contributed by atoms with Gasteiger partial charge in [0, 0.05) is 6.42 Å². The lowest BCUT2D eigenvalue weighted by Gasteiger charge is -2.70. The van der Waals surface area contributed by atoms with Crippen molar-refractivity contribution in [2.24, 2.45) is 45.3 Å². The molecule has 11 atom stereocenters. The Morgan fingerprint density at radius 3 is 2.25 bits per heavy atom. The van der Waals surface area contributed by atoms with Crippen LogP contribution in [0.5, 0.6) is 0 Å². The largest absolute Gasteiger partial charge is 0.393 e. The van der Waals surface area contributed by atoms with E-state index in [1.807, 2.05) is 0 Å². The van der Waals surface area contributed by atoms with Crippen molar-refractivity contribution >= 4 is 0 Å². The first-order chi connectivity index (χ1) is 14.9. The third-order valence-electron chi connectivity index (χ3n) is 13.5. The summed E-state index contributed by atoms with van der Waals surface area (Å²) in [6, 6.07) is 0. The van der Waals surface area contributed by atoms with Crippen molar-refractivity contribution in [1.29, 1.82) is 0 Å². The van der Waals surface area contributed by atoms with E-state index < -0.39 is 0 Å². The van der Waals surface area contributed by atoms with E-state index in [2.05, 4.69) is 48.5 Å². The molecule has 2 aliphatic heterocycles. The molecule has 2 heterocycles. The van der Waals surface area contributed by atoms with Crippen LogP contribution in [0.15, 0.2) is 0 Å². The van der Waals surface area contributed by atoms with Gasteiger partial charge in [0.1, 0.15) is 0 Å². The zero-order valence-electron chi connectivity index (χ0n) is 21.8. The average Bonchev–Trinajstić information content (AvgIpc) is 3.23. The highest BCUT2D eigenvalue weighted by atomic mass is 16.7. The van der Waals surface area contributed by atoms with Gasteiger partial charge in [0.15, 0.2) is 5.79 Å². The molecule has 1 N–H and O–H groups in total. The summed E-state index contributed by atoms with van der Waals surface area (Å²) in [6.07, 6.45) is 11.9. The van der Waals surface area contributed by atoms with Gasteiger partial charge in [0.05, 0.1) is 17.8 Å². The zero-order valence-corrected chi connectivity index (χ0v) is 21.8. The summed E-state index contributed by atoms with van der Waals surface area (Å²) in [4.78, 5) is 0. The summed E-state index contributed by atoms with van der Waals surface area (Å²) >= 11 is 0. The Labute approximate surface area is 196 Å². The van der Waals surface area contributed by atoms with Crippen molar-refractivity contribution in [3.8, 4) is 0 Å². The van der Waals surface area contributed by atoms with Gasteiger partial charge in [0.25, 0.3) is 0 Å². The lowest BCUT2D eigenvalue weighted by Crippen LogP contribution is -2.66. The standard InChI is InChI=1S/C29H48O3/c1-8-29-16-15-28(7,32-29)18-9-13-27(6)23(18)19(31-29)17-21-25(4)12-11-22(30)24(2,3)20(25)10-14-26(21,27)5/h18-23,30H,8-17H2,1-7H3. The normalized spacial score (nSPS) is 62.6. The van der Waals surface area contributed by atoms with E-state index in [1.165, 1.54) is 38.5 Å². The van der Waals surface area contributed by atoms with Crippen LogP contribution in [0, 0.1) is 45.3 Å². The van der Waals surface area contributed by atoms with Gasteiger partial charge in [-0.2, -0.15) is 0 Å². The Bertz CT molecular complexity index is 808. The van der Waals surface area contributed by atoms with Gasteiger partial charge >= 0.3 is 0 Å². The summed E-state index contributed by atoms with van der Waals surface area (Å²) in [6.45, 7) is 17.3. The average molecular weight is 445 g/mol. The van der Waals surface area contributed by atoms with E-state index in [0.29, 0.717) is 46.0 Å². The highest BCUT2D eigenvalue weighted by molar-refractivity contribution is 5.21. The molecular formula is C29H48O3. The molecule has 2 saturated heterocycles. The van der Waals surface area contributed by atoms with Gasteiger partial charge in [-0.15, -0.1) is 0 Å². The van der Waals surface area contributed by atoms with Gasteiger partial charge < -0.3 is 14.6 Å². The number of hydrogen-bond acceptors (Lipinski definition) is 3. The minimum absolute atomic E-state index is 0.00553. The summed E-state index contributed by atoms with van der Waals surface area (Å²) < 4.78 is 14.1. The second kappa shape index (κ2) is 6.35. The SMILES string of the molecule is CCC12CCC(C)(O1)C1CCC3(C)C1C(CC1C4(C)CCC(O)C(C)(C)C4CCC13C)O2. The third kappa shape index (κ3) is 2.40. The fraction of sp³-hybridized carbons (Fsp3) is 1.00. The van der Waals surface area contributed by atoms with E-state index in [1.54, 1.807) is 0 Å². The Morgan fingerprint density at radius 2 is 1.53 bits per heavy atom. The van der Waals surface area contributed by atoms with Gasteiger partial charge in [-0.25, -0.2) is 0 Å². The smallest absolute Gasteiger partial charge is 0.169 e. The van der Waals surface area contributed by atoms with E-state index in [9.17, 15) is 5.11 Å². The molecule has 0 aromatic heterocycles. The van der Waals surface area contributed by atoms with E-state index in [4.69, 9.17) is 9.47 Å². The minimum Gasteiger partial charge on any atom is -0.393 e. The molecule has 4 aliphatic carbocycles. The molecule has 0 spiro atoms. The van der Waals surface area contributed by atoms with E-state index in [0.717, 1.165) is 25.7 Å². The van der Waals surface area contributed by atoms with Gasteiger partial charge in [-0.05, 0) is 110 Å². The van der Waals surface area contributed by atoms with Crippen molar-refractivity contribution in [2.45, 2.75) is 136 Å². The van der Waals surface area contributed by atoms with Crippen molar-refractivity contribution in [3.63, 3.8) is 0 Å². The number of aliphatic hydroxyl groups excluding tert-OH is 1. The fourth-order valence-electron chi connectivity index (χ4n) is 11.4. The molecule has 0 radical (unpaired) electrons. The van der Waals surface area contributed by atoms with Crippen LogP contribution in [0.4, 0.5) is 0 Å². The number of ether oxygens (including phenoxy) is 2. The van der Waals surface area contributed by atoms with Crippen molar-refractivity contribution in [3.05, 3.63) is 0 Å². The molecule has 6 fully saturated rings. The predicted molar refractivity (Wildman–Crippen MR) is 127 cm³/mol. The number of hydrogen-bond donors (Lipinski definition) is 1. The molecule has 0 amide bonds. The van der Waals surface area contributed by atoms with Crippen LogP contribution in [0.25, 0.3) is 0 Å². The molecule has 3 nitrogen and oxygen atoms in total. The molecule has 6 rings (SSSR count). The number of aliphatic hydroxyl groups is 1. The third-order valence-corrected chi connectivity index (χ3v) is 13.5. The first kappa shape index (κ1) is 22.4. The second-order valence-electron chi connectivity index (χ2n) is 14.6. The Hall–Kier alpha value is -0.120. The fourth-order valence-corrected chi connectivity index (χ4v) is 11.4. The number of fused-ring (bicyclic) bond motifs is 7. The Balaban J connectivity index is 1.46. The van der Waals surface area contributed by atoms with Crippen LogP contribution in [0.3, 0.4) is 0 Å². The van der Waals surface area contributed by atoms with Crippen LogP contribution in [0.1, 0.15) is 113 Å². The van der Waals surface area contributed by atoms with Gasteiger partial charge in [-0.3, -0.25) is 0 Å². The number of rotatable bonds is 1.